The topological polar surface area (TPSA) is 111 Å². The standard InChI is InChI=1S/C24H22N4O3S2/c1-14-20(13-25)24(33-21(14)23(31)27-17-8-5-4-6-9-17)28-22(30)15(2)32-19-11-7-10-18(12-19)26-16(3)29/h4-12,15H,1-3H3,(H,26,29)(H,27,31)(H,28,30). The average Bonchev–Trinajstić information content (AvgIpc) is 3.09. The molecular formula is C24H22N4O3S2. The summed E-state index contributed by atoms with van der Waals surface area (Å²) < 4.78 is 0. The maximum Gasteiger partial charge on any atom is 0.266 e. The number of hydrogen-bond donors (Lipinski definition) is 3. The summed E-state index contributed by atoms with van der Waals surface area (Å²) in [4.78, 5) is 38.0. The molecule has 3 rings (SSSR count). The number of carbonyl (C=O) groups is 3. The number of nitrogens with zero attached hydrogens (tertiary/aromatic N) is 1. The molecule has 0 aliphatic heterocycles. The Morgan fingerprint density at radius 3 is 2.36 bits per heavy atom. The lowest BCUT2D eigenvalue weighted by atomic mass is 10.1. The van der Waals surface area contributed by atoms with Crippen LogP contribution in [0.1, 0.15) is 34.6 Å². The normalized spacial score (nSPS) is 11.2. The predicted molar refractivity (Wildman–Crippen MR) is 133 cm³/mol. The van der Waals surface area contributed by atoms with Gasteiger partial charge in [-0.3, -0.25) is 14.4 Å². The fraction of sp³-hybridized carbons (Fsp3) is 0.167. The molecule has 0 aliphatic rings. The van der Waals surface area contributed by atoms with E-state index < -0.39 is 5.25 Å². The summed E-state index contributed by atoms with van der Waals surface area (Å²) in [5.74, 6) is -0.803. The van der Waals surface area contributed by atoms with Gasteiger partial charge in [0, 0.05) is 23.2 Å². The Morgan fingerprint density at radius 1 is 1.00 bits per heavy atom. The van der Waals surface area contributed by atoms with Crippen LogP contribution in [0.4, 0.5) is 16.4 Å². The maximum atomic E-state index is 12.8. The number of benzene rings is 2. The lowest BCUT2D eigenvalue weighted by Gasteiger charge is -2.12. The molecule has 0 spiro atoms. The number of hydrogen-bond acceptors (Lipinski definition) is 6. The zero-order valence-corrected chi connectivity index (χ0v) is 19.9. The quantitative estimate of drug-likeness (QED) is 0.401. The van der Waals surface area contributed by atoms with Crippen LogP contribution < -0.4 is 16.0 Å². The van der Waals surface area contributed by atoms with Gasteiger partial charge in [0.05, 0.1) is 15.7 Å². The fourth-order valence-electron chi connectivity index (χ4n) is 2.98. The number of anilines is 3. The summed E-state index contributed by atoms with van der Waals surface area (Å²) >= 11 is 2.40. The highest BCUT2D eigenvalue weighted by molar-refractivity contribution is 8.00. The van der Waals surface area contributed by atoms with Crippen molar-refractivity contribution >= 4 is 57.2 Å². The van der Waals surface area contributed by atoms with Gasteiger partial charge in [-0.25, -0.2) is 0 Å². The molecule has 33 heavy (non-hydrogen) atoms. The molecule has 0 fully saturated rings. The van der Waals surface area contributed by atoms with Gasteiger partial charge in [0.1, 0.15) is 11.1 Å². The third kappa shape index (κ3) is 6.22. The van der Waals surface area contributed by atoms with E-state index in [0.717, 1.165) is 16.2 Å². The number of thiophene rings is 1. The van der Waals surface area contributed by atoms with E-state index in [1.807, 2.05) is 24.3 Å². The SMILES string of the molecule is CC(=O)Nc1cccc(SC(C)C(=O)Nc2sc(C(=O)Nc3ccccc3)c(C)c2C#N)c1. The Morgan fingerprint density at radius 2 is 1.70 bits per heavy atom. The van der Waals surface area contributed by atoms with E-state index in [9.17, 15) is 19.6 Å². The molecule has 0 saturated carbocycles. The maximum absolute atomic E-state index is 12.8. The van der Waals surface area contributed by atoms with Gasteiger partial charge in [-0.15, -0.1) is 23.1 Å². The van der Waals surface area contributed by atoms with Gasteiger partial charge < -0.3 is 16.0 Å². The Kier molecular flexibility index (Phi) is 7.87. The van der Waals surface area contributed by atoms with Crippen molar-refractivity contribution in [3.63, 3.8) is 0 Å². The summed E-state index contributed by atoms with van der Waals surface area (Å²) in [6.07, 6.45) is 0. The molecule has 7 nitrogen and oxygen atoms in total. The molecule has 3 aromatic rings. The van der Waals surface area contributed by atoms with Crippen LogP contribution in [0.5, 0.6) is 0 Å². The Hall–Kier alpha value is -3.61. The summed E-state index contributed by atoms with van der Waals surface area (Å²) in [5.41, 5.74) is 2.09. The van der Waals surface area contributed by atoms with E-state index in [-0.39, 0.29) is 23.3 Å². The van der Waals surface area contributed by atoms with Crippen LogP contribution in [0.25, 0.3) is 0 Å². The number of amides is 3. The van der Waals surface area contributed by atoms with E-state index >= 15 is 0 Å². The highest BCUT2D eigenvalue weighted by atomic mass is 32.2. The third-order valence-electron chi connectivity index (χ3n) is 4.57. The highest BCUT2D eigenvalue weighted by Gasteiger charge is 2.23. The molecule has 2 aromatic carbocycles. The summed E-state index contributed by atoms with van der Waals surface area (Å²) in [6.45, 7) is 4.87. The van der Waals surface area contributed by atoms with Gasteiger partial charge in [-0.2, -0.15) is 5.26 Å². The van der Waals surface area contributed by atoms with Crippen molar-refractivity contribution in [3.8, 4) is 6.07 Å². The Bertz CT molecular complexity index is 1230. The van der Waals surface area contributed by atoms with Gasteiger partial charge >= 0.3 is 0 Å². The third-order valence-corrected chi connectivity index (χ3v) is 6.87. The molecule has 3 amide bonds. The van der Waals surface area contributed by atoms with Gasteiger partial charge in [0.2, 0.25) is 11.8 Å². The van der Waals surface area contributed by atoms with Gasteiger partial charge in [0.15, 0.2) is 0 Å². The molecule has 1 heterocycles. The number of para-hydroxylation sites is 1. The number of thioether (sulfide) groups is 1. The van der Waals surface area contributed by atoms with Gasteiger partial charge in [0.25, 0.3) is 5.91 Å². The van der Waals surface area contributed by atoms with Crippen molar-refractivity contribution in [2.45, 2.75) is 30.9 Å². The van der Waals surface area contributed by atoms with Crippen molar-refractivity contribution in [1.82, 2.24) is 0 Å². The van der Waals surface area contributed by atoms with Crippen LogP contribution in [-0.2, 0) is 9.59 Å². The predicted octanol–water partition coefficient (Wildman–Crippen LogP) is 5.26. The number of nitriles is 1. The lowest BCUT2D eigenvalue weighted by Crippen LogP contribution is -2.22. The monoisotopic (exact) mass is 478 g/mol. The van der Waals surface area contributed by atoms with Crippen LogP contribution in [-0.4, -0.2) is 23.0 Å². The van der Waals surface area contributed by atoms with Crippen molar-refractivity contribution < 1.29 is 14.4 Å². The molecule has 1 atom stereocenters. The number of carbonyl (C=O) groups excluding carboxylic acids is 3. The summed E-state index contributed by atoms with van der Waals surface area (Å²) in [6, 6.07) is 18.3. The first-order valence-electron chi connectivity index (χ1n) is 10.0. The van der Waals surface area contributed by atoms with Gasteiger partial charge in [-0.05, 0) is 49.7 Å². The second-order valence-corrected chi connectivity index (χ2v) is 9.59. The van der Waals surface area contributed by atoms with Crippen molar-refractivity contribution in [2.75, 3.05) is 16.0 Å². The second-order valence-electron chi connectivity index (χ2n) is 7.15. The van der Waals surface area contributed by atoms with Crippen molar-refractivity contribution in [2.24, 2.45) is 0 Å². The molecule has 3 N–H and O–H groups in total. The minimum Gasteiger partial charge on any atom is -0.326 e. The zero-order valence-electron chi connectivity index (χ0n) is 18.3. The van der Waals surface area contributed by atoms with Crippen LogP contribution in [0.3, 0.4) is 0 Å². The molecule has 0 aliphatic carbocycles. The first-order chi connectivity index (χ1) is 15.8. The van der Waals surface area contributed by atoms with Gasteiger partial charge in [-0.1, -0.05) is 24.3 Å². The van der Waals surface area contributed by atoms with E-state index in [1.54, 1.807) is 44.2 Å². The largest absolute Gasteiger partial charge is 0.326 e. The van der Waals surface area contributed by atoms with Crippen LogP contribution in [0, 0.1) is 18.3 Å². The molecule has 9 heteroatoms. The number of nitrogens with one attached hydrogen (secondary N) is 3. The van der Waals surface area contributed by atoms with Crippen LogP contribution in [0.2, 0.25) is 0 Å². The summed E-state index contributed by atoms with van der Waals surface area (Å²) in [7, 11) is 0. The second kappa shape index (κ2) is 10.8. The zero-order chi connectivity index (χ0) is 24.0. The highest BCUT2D eigenvalue weighted by Crippen LogP contribution is 2.34. The van der Waals surface area contributed by atoms with Crippen molar-refractivity contribution in [1.29, 1.82) is 5.26 Å². The van der Waals surface area contributed by atoms with Crippen molar-refractivity contribution in [3.05, 3.63) is 70.6 Å². The first-order valence-corrected chi connectivity index (χ1v) is 11.7. The Labute approximate surface area is 200 Å². The molecule has 1 aromatic heterocycles. The van der Waals surface area contributed by atoms with E-state index in [1.165, 1.54) is 18.7 Å². The first kappa shape index (κ1) is 24.0. The fourth-order valence-corrected chi connectivity index (χ4v) is 4.97. The smallest absolute Gasteiger partial charge is 0.266 e. The minimum atomic E-state index is -0.479. The van der Waals surface area contributed by atoms with E-state index in [4.69, 9.17) is 0 Å². The molecule has 0 saturated heterocycles. The number of rotatable bonds is 7. The molecule has 168 valence electrons. The Balaban J connectivity index is 1.72. The average molecular weight is 479 g/mol. The molecule has 1 unspecified atom stereocenters. The van der Waals surface area contributed by atoms with Crippen LogP contribution >= 0.6 is 23.1 Å². The van der Waals surface area contributed by atoms with Crippen LogP contribution in [0.15, 0.2) is 59.5 Å². The molecule has 0 bridgehead atoms. The molecular weight excluding hydrogens is 456 g/mol. The summed E-state index contributed by atoms with van der Waals surface area (Å²) in [5, 5.41) is 17.8. The van der Waals surface area contributed by atoms with E-state index in [0.29, 0.717) is 26.8 Å². The minimum absolute atomic E-state index is 0.174. The lowest BCUT2D eigenvalue weighted by molar-refractivity contribution is -0.115. The molecule has 0 radical (unpaired) electrons. The van der Waals surface area contributed by atoms with E-state index in [2.05, 4.69) is 22.0 Å².